The number of hydrogen-bond acceptors (Lipinski definition) is 3. The molecular formula is C10H9F3N2O3. The van der Waals surface area contributed by atoms with Crippen LogP contribution in [0.15, 0.2) is 12.1 Å². The van der Waals surface area contributed by atoms with Gasteiger partial charge in [-0.2, -0.15) is 13.2 Å². The Labute approximate surface area is 99.6 Å². The predicted octanol–water partition coefficient (Wildman–Crippen LogP) is 1.27. The average molecular weight is 262 g/mol. The molecule has 2 N–H and O–H groups in total. The van der Waals surface area contributed by atoms with Crippen LogP contribution in [0.2, 0.25) is 0 Å². The largest absolute Gasteiger partial charge is 0.478 e. The highest BCUT2D eigenvalue weighted by Crippen LogP contribution is 2.14. The smallest absolute Gasteiger partial charge is 0.471 e. The second-order valence-electron chi connectivity index (χ2n) is 3.42. The molecule has 0 fully saturated rings. The maximum Gasteiger partial charge on any atom is 0.471 e. The average Bonchev–Trinajstić information content (AvgIpc) is 2.24. The fraction of sp³-hybridized carbons (Fsp3) is 0.300. The quantitative estimate of drug-likeness (QED) is 0.859. The highest BCUT2D eigenvalue weighted by molar-refractivity contribution is 5.88. The predicted molar refractivity (Wildman–Crippen MR) is 53.8 cm³/mol. The molecule has 0 aliphatic heterocycles. The van der Waals surface area contributed by atoms with E-state index in [9.17, 15) is 22.8 Å². The second-order valence-corrected chi connectivity index (χ2v) is 3.42. The molecule has 0 bridgehead atoms. The van der Waals surface area contributed by atoms with E-state index in [-0.39, 0.29) is 17.0 Å². The molecule has 0 aromatic carbocycles. The van der Waals surface area contributed by atoms with Gasteiger partial charge in [0.1, 0.15) is 0 Å². The number of nitrogens with zero attached hydrogens (tertiary/aromatic N) is 1. The molecule has 1 rings (SSSR count). The van der Waals surface area contributed by atoms with E-state index in [0.29, 0.717) is 0 Å². The van der Waals surface area contributed by atoms with E-state index in [0.717, 1.165) is 0 Å². The number of pyridine rings is 1. The van der Waals surface area contributed by atoms with Gasteiger partial charge in [0.15, 0.2) is 0 Å². The normalized spacial score (nSPS) is 11.1. The Morgan fingerprint density at radius 3 is 2.44 bits per heavy atom. The van der Waals surface area contributed by atoms with Gasteiger partial charge >= 0.3 is 18.1 Å². The van der Waals surface area contributed by atoms with Crippen molar-refractivity contribution < 1.29 is 27.9 Å². The van der Waals surface area contributed by atoms with Gasteiger partial charge in [0.2, 0.25) is 0 Å². The molecule has 1 aromatic rings. The number of alkyl halides is 3. The Morgan fingerprint density at radius 2 is 2.00 bits per heavy atom. The fourth-order valence-corrected chi connectivity index (χ4v) is 1.21. The molecule has 5 nitrogen and oxygen atoms in total. The Hall–Kier alpha value is -2.12. The Balaban J connectivity index is 2.73. The van der Waals surface area contributed by atoms with E-state index < -0.39 is 24.6 Å². The number of aryl methyl sites for hydroxylation is 1. The third-order valence-electron chi connectivity index (χ3n) is 2.06. The zero-order valence-corrected chi connectivity index (χ0v) is 9.21. The van der Waals surface area contributed by atoms with Crippen LogP contribution in [0.3, 0.4) is 0 Å². The van der Waals surface area contributed by atoms with Gasteiger partial charge in [-0.1, -0.05) is 0 Å². The molecular weight excluding hydrogens is 253 g/mol. The van der Waals surface area contributed by atoms with Crippen molar-refractivity contribution >= 4 is 11.9 Å². The highest BCUT2D eigenvalue weighted by Gasteiger charge is 2.38. The van der Waals surface area contributed by atoms with Crippen molar-refractivity contribution in [1.29, 1.82) is 0 Å². The number of halogens is 3. The lowest BCUT2D eigenvalue weighted by molar-refractivity contribution is -0.173. The van der Waals surface area contributed by atoms with Crippen LogP contribution < -0.4 is 5.32 Å². The first kappa shape index (κ1) is 13.9. The maximum absolute atomic E-state index is 11.9. The monoisotopic (exact) mass is 262 g/mol. The summed E-state index contributed by atoms with van der Waals surface area (Å²) in [4.78, 5) is 25.0. The second kappa shape index (κ2) is 5.03. The van der Waals surface area contributed by atoms with Crippen LogP contribution in [0.25, 0.3) is 0 Å². The van der Waals surface area contributed by atoms with E-state index in [1.165, 1.54) is 19.1 Å². The number of nitrogens with one attached hydrogen (secondary N) is 1. The first-order chi connectivity index (χ1) is 8.21. The molecule has 1 heterocycles. The minimum Gasteiger partial charge on any atom is -0.478 e. The molecule has 0 atom stereocenters. The van der Waals surface area contributed by atoms with Crippen LogP contribution in [0.1, 0.15) is 21.7 Å². The van der Waals surface area contributed by atoms with Crippen LogP contribution in [-0.2, 0) is 11.3 Å². The molecule has 0 aliphatic rings. The van der Waals surface area contributed by atoms with Crippen LogP contribution in [-0.4, -0.2) is 28.1 Å². The molecule has 0 saturated carbocycles. The van der Waals surface area contributed by atoms with Gasteiger partial charge in [-0.25, -0.2) is 4.79 Å². The zero-order chi connectivity index (χ0) is 13.9. The highest BCUT2D eigenvalue weighted by atomic mass is 19.4. The topological polar surface area (TPSA) is 79.3 Å². The zero-order valence-electron chi connectivity index (χ0n) is 9.21. The number of carbonyl (C=O) groups is 2. The summed E-state index contributed by atoms with van der Waals surface area (Å²) in [5.41, 5.74) is 0.275. The lowest BCUT2D eigenvalue weighted by Crippen LogP contribution is -2.36. The molecule has 0 radical (unpaired) electrons. The summed E-state index contributed by atoms with van der Waals surface area (Å²) >= 11 is 0. The maximum atomic E-state index is 11.9. The van der Waals surface area contributed by atoms with Crippen molar-refractivity contribution in [1.82, 2.24) is 10.3 Å². The molecule has 0 aliphatic carbocycles. The summed E-state index contributed by atoms with van der Waals surface area (Å²) in [6, 6.07) is 2.47. The molecule has 1 aromatic heterocycles. The van der Waals surface area contributed by atoms with Crippen molar-refractivity contribution in [3.63, 3.8) is 0 Å². The van der Waals surface area contributed by atoms with Crippen molar-refractivity contribution in [2.45, 2.75) is 19.6 Å². The molecule has 98 valence electrons. The number of amides is 1. The van der Waals surface area contributed by atoms with Crippen molar-refractivity contribution in [2.24, 2.45) is 0 Å². The SMILES string of the molecule is Cc1nc(CNC(=O)C(F)(F)F)ccc1C(=O)O. The standard InChI is InChI=1S/C10H9F3N2O3/c1-5-7(8(16)17)3-2-6(15-5)4-14-9(18)10(11,12)13/h2-3H,4H2,1H3,(H,14,18)(H,16,17). The van der Waals surface area contributed by atoms with Crippen molar-refractivity contribution in [3.05, 3.63) is 29.1 Å². The molecule has 0 saturated heterocycles. The first-order valence-electron chi connectivity index (χ1n) is 4.76. The van der Waals surface area contributed by atoms with E-state index in [4.69, 9.17) is 5.11 Å². The Kier molecular flexibility index (Phi) is 3.89. The minimum absolute atomic E-state index is 0.0408. The van der Waals surface area contributed by atoms with Crippen LogP contribution >= 0.6 is 0 Å². The third-order valence-corrected chi connectivity index (χ3v) is 2.06. The van der Waals surface area contributed by atoms with Crippen LogP contribution in [0, 0.1) is 6.92 Å². The van der Waals surface area contributed by atoms with Crippen molar-refractivity contribution in [2.75, 3.05) is 0 Å². The molecule has 0 spiro atoms. The first-order valence-corrected chi connectivity index (χ1v) is 4.76. The molecule has 1 amide bonds. The number of carboxylic acid groups (broad SMARTS) is 1. The Morgan fingerprint density at radius 1 is 1.39 bits per heavy atom. The molecule has 0 unspecified atom stereocenters. The van der Waals surface area contributed by atoms with Gasteiger partial charge in [0.25, 0.3) is 0 Å². The number of aromatic nitrogens is 1. The summed E-state index contributed by atoms with van der Waals surface area (Å²) < 4.78 is 35.7. The summed E-state index contributed by atoms with van der Waals surface area (Å²) in [5.74, 6) is -3.24. The van der Waals surface area contributed by atoms with Gasteiger partial charge in [-0.3, -0.25) is 9.78 Å². The number of rotatable bonds is 3. The lowest BCUT2D eigenvalue weighted by atomic mass is 10.2. The summed E-state index contributed by atoms with van der Waals surface area (Å²) in [6.45, 7) is 0.998. The lowest BCUT2D eigenvalue weighted by Gasteiger charge is -2.08. The van der Waals surface area contributed by atoms with Gasteiger partial charge in [-0.05, 0) is 19.1 Å². The fourth-order valence-electron chi connectivity index (χ4n) is 1.21. The summed E-state index contributed by atoms with van der Waals surface area (Å²) in [6.07, 6.45) is -4.95. The number of carbonyl (C=O) groups excluding carboxylic acids is 1. The minimum atomic E-state index is -4.95. The van der Waals surface area contributed by atoms with Crippen LogP contribution in [0.4, 0.5) is 13.2 Å². The van der Waals surface area contributed by atoms with Crippen LogP contribution in [0.5, 0.6) is 0 Å². The molecule has 18 heavy (non-hydrogen) atoms. The van der Waals surface area contributed by atoms with Gasteiger partial charge < -0.3 is 10.4 Å². The van der Waals surface area contributed by atoms with Gasteiger partial charge in [0, 0.05) is 0 Å². The summed E-state index contributed by atoms with van der Waals surface area (Å²) in [5, 5.41) is 10.4. The molecule has 8 heteroatoms. The Bertz CT molecular complexity index is 486. The van der Waals surface area contributed by atoms with Gasteiger partial charge in [0.05, 0.1) is 23.5 Å². The van der Waals surface area contributed by atoms with Gasteiger partial charge in [-0.15, -0.1) is 0 Å². The van der Waals surface area contributed by atoms with E-state index in [1.54, 1.807) is 5.32 Å². The van der Waals surface area contributed by atoms with E-state index in [1.807, 2.05) is 0 Å². The number of carboxylic acids is 1. The van der Waals surface area contributed by atoms with E-state index >= 15 is 0 Å². The third kappa shape index (κ3) is 3.44. The number of hydrogen-bond donors (Lipinski definition) is 2. The van der Waals surface area contributed by atoms with Crippen molar-refractivity contribution in [3.8, 4) is 0 Å². The van der Waals surface area contributed by atoms with E-state index in [2.05, 4.69) is 4.98 Å². The number of aromatic carboxylic acids is 1. The summed E-state index contributed by atoms with van der Waals surface area (Å²) in [7, 11) is 0.